The minimum absolute atomic E-state index is 0.0802. The number of allylic oxidation sites excluding steroid dienone is 8. The van der Waals surface area contributed by atoms with Gasteiger partial charge in [-0.25, -0.2) is 0 Å². The van der Waals surface area contributed by atoms with E-state index in [1.165, 1.54) is 42.0 Å². The van der Waals surface area contributed by atoms with Crippen molar-refractivity contribution in [3.05, 3.63) is 120 Å². The molecule has 2 aromatic rings. The highest BCUT2D eigenvalue weighted by Crippen LogP contribution is 2.48. The van der Waals surface area contributed by atoms with Crippen LogP contribution in [0.1, 0.15) is 88.2 Å². The zero-order valence-electron chi connectivity index (χ0n) is 32.0. The van der Waals surface area contributed by atoms with Gasteiger partial charge in [0.15, 0.2) is 5.71 Å². The number of hydrogen-bond acceptors (Lipinski definition) is 6. The zero-order valence-corrected chi connectivity index (χ0v) is 32.9. The van der Waals surface area contributed by atoms with Gasteiger partial charge in [-0.3, -0.25) is 23.8 Å². The van der Waals surface area contributed by atoms with E-state index in [0.29, 0.717) is 24.9 Å². The highest BCUT2D eigenvalue weighted by atomic mass is 32.2. The van der Waals surface area contributed by atoms with E-state index >= 15 is 0 Å². The first kappa shape index (κ1) is 40.3. The Kier molecular flexibility index (Phi) is 12.7. The lowest BCUT2D eigenvalue weighted by atomic mass is 9.81. The number of unbranched alkanes of at least 4 members (excludes halogenated alkanes) is 3. The lowest BCUT2D eigenvalue weighted by molar-refractivity contribution is -0.438. The lowest BCUT2D eigenvalue weighted by Crippen LogP contribution is -2.38. The quantitative estimate of drug-likeness (QED) is 0.0590. The monoisotopic (exact) mass is 753 g/mol. The molecule has 0 bridgehead atoms. The number of imide groups is 1. The van der Waals surface area contributed by atoms with Crippen LogP contribution in [0.4, 0.5) is 11.4 Å². The molecule has 3 heterocycles. The third kappa shape index (κ3) is 9.07. The predicted molar refractivity (Wildman–Crippen MR) is 215 cm³/mol. The molecule has 11 heteroatoms. The summed E-state index contributed by atoms with van der Waals surface area (Å²) in [5, 5.41) is 2.81. The number of hydrogen-bond donors (Lipinski definition) is 2. The molecule has 0 saturated heterocycles. The second-order valence-electron chi connectivity index (χ2n) is 15.0. The van der Waals surface area contributed by atoms with Gasteiger partial charge in [0.05, 0.1) is 11.2 Å². The van der Waals surface area contributed by atoms with Crippen molar-refractivity contribution < 1.29 is 31.9 Å². The van der Waals surface area contributed by atoms with E-state index in [1.807, 2.05) is 36.4 Å². The molecule has 286 valence electrons. The van der Waals surface area contributed by atoms with Crippen molar-refractivity contribution in [1.29, 1.82) is 0 Å². The fraction of sp³-hybridized carbons (Fsp3) is 0.395. The standard InChI is InChI=1S/C43H52N4O6S/c1-6-7-15-27-45-35-19-14-13-18-33(35)42(2,3)37(45)20-11-9-8-10-12-21-38-43(4,5)34-31-32(41(50)44-26-29-47-39(48)24-25-40(47)49)22-23-36(34)46(38)28-16-17-30-54(51,52)53/h8-14,18-25,31H,6-7,15-17,26-30H2,1-5H3,(H-,44,50,51,52,53)/p+1. The fourth-order valence-corrected chi connectivity index (χ4v) is 8.10. The van der Waals surface area contributed by atoms with Gasteiger partial charge in [0.1, 0.15) is 6.54 Å². The summed E-state index contributed by atoms with van der Waals surface area (Å²) in [6.45, 7) is 12.7. The van der Waals surface area contributed by atoms with Crippen LogP contribution in [0.25, 0.3) is 0 Å². The van der Waals surface area contributed by atoms with Gasteiger partial charge >= 0.3 is 0 Å². The van der Waals surface area contributed by atoms with E-state index < -0.39 is 27.3 Å². The molecule has 54 heavy (non-hydrogen) atoms. The number of nitrogens with zero attached hydrogens (tertiary/aromatic N) is 3. The van der Waals surface area contributed by atoms with Crippen LogP contribution in [-0.2, 0) is 30.5 Å². The Balaban J connectivity index is 1.32. The molecule has 2 N–H and O–H groups in total. The number of para-hydroxylation sites is 1. The first-order chi connectivity index (χ1) is 25.7. The maximum absolute atomic E-state index is 13.2. The molecule has 0 saturated carbocycles. The van der Waals surface area contributed by atoms with Crippen LogP contribution in [0.15, 0.2) is 103 Å². The molecular weight excluding hydrogens is 701 g/mol. The molecule has 3 aliphatic heterocycles. The van der Waals surface area contributed by atoms with Crippen molar-refractivity contribution in [2.75, 3.05) is 36.8 Å². The smallest absolute Gasteiger partial charge is 0.264 e. The summed E-state index contributed by atoms with van der Waals surface area (Å²) in [4.78, 5) is 40.1. The normalized spacial score (nSPS) is 18.4. The Labute approximate surface area is 320 Å². The van der Waals surface area contributed by atoms with Crippen molar-refractivity contribution >= 4 is 44.9 Å². The van der Waals surface area contributed by atoms with E-state index in [1.54, 1.807) is 6.07 Å². The summed E-state index contributed by atoms with van der Waals surface area (Å²) >= 11 is 0. The van der Waals surface area contributed by atoms with Crippen molar-refractivity contribution in [1.82, 2.24) is 10.2 Å². The molecule has 2 aromatic carbocycles. The largest absolute Gasteiger partial charge is 0.350 e. The average Bonchev–Trinajstić information content (AvgIpc) is 3.64. The molecule has 0 aliphatic carbocycles. The number of nitrogens with one attached hydrogen (secondary N) is 1. The minimum atomic E-state index is -4.06. The van der Waals surface area contributed by atoms with Gasteiger partial charge in [0.2, 0.25) is 5.69 Å². The molecule has 3 aliphatic rings. The third-order valence-corrected chi connectivity index (χ3v) is 11.3. The summed E-state index contributed by atoms with van der Waals surface area (Å²) in [5.74, 6) is -1.41. The number of carbonyl (C=O) groups is 3. The molecular formula is C43H53N4O6S+. The van der Waals surface area contributed by atoms with Crippen molar-refractivity contribution in [3.8, 4) is 0 Å². The van der Waals surface area contributed by atoms with Crippen LogP contribution in [0.5, 0.6) is 0 Å². The van der Waals surface area contributed by atoms with E-state index in [-0.39, 0.29) is 30.2 Å². The Morgan fingerprint density at radius 2 is 1.54 bits per heavy atom. The molecule has 10 nitrogen and oxygen atoms in total. The SMILES string of the molecule is CCCCC[N+]1=C(/C=C/C=C/C=C/C=C2/N(CCCCS(=O)(=O)O)c3ccc(C(=O)NCCN4C(=O)C=CC4=O)cc3C2(C)C)C(C)(C)c2ccccc21. The zero-order chi connectivity index (χ0) is 39.1. The van der Waals surface area contributed by atoms with Crippen LogP contribution in [0.3, 0.4) is 0 Å². The van der Waals surface area contributed by atoms with Gasteiger partial charge in [-0.05, 0) is 62.9 Å². The topological polar surface area (TPSA) is 127 Å². The van der Waals surface area contributed by atoms with Crippen molar-refractivity contribution in [3.63, 3.8) is 0 Å². The number of benzene rings is 2. The van der Waals surface area contributed by atoms with E-state index in [0.717, 1.165) is 34.8 Å². The van der Waals surface area contributed by atoms with Gasteiger partial charge in [0, 0.05) is 78.3 Å². The molecule has 0 radical (unpaired) electrons. The molecule has 0 fully saturated rings. The first-order valence-electron chi connectivity index (χ1n) is 18.8. The number of amides is 3. The maximum atomic E-state index is 13.2. The number of fused-ring (bicyclic) bond motifs is 2. The Morgan fingerprint density at radius 3 is 2.26 bits per heavy atom. The highest BCUT2D eigenvalue weighted by molar-refractivity contribution is 7.85. The van der Waals surface area contributed by atoms with E-state index in [4.69, 9.17) is 0 Å². The highest BCUT2D eigenvalue weighted by Gasteiger charge is 2.44. The van der Waals surface area contributed by atoms with E-state index in [2.05, 4.69) is 91.9 Å². The number of carbonyl (C=O) groups excluding carboxylic acids is 3. The molecule has 5 rings (SSSR count). The molecule has 0 spiro atoms. The van der Waals surface area contributed by atoms with Crippen LogP contribution in [-0.4, -0.2) is 77.8 Å². The second-order valence-corrected chi connectivity index (χ2v) is 16.6. The molecule has 3 amide bonds. The minimum Gasteiger partial charge on any atom is -0.350 e. The Bertz CT molecular complexity index is 2050. The fourth-order valence-electron chi connectivity index (χ4n) is 7.53. The second kappa shape index (κ2) is 17.1. The van der Waals surface area contributed by atoms with Crippen LogP contribution in [0, 0.1) is 0 Å². The summed E-state index contributed by atoms with van der Waals surface area (Å²) < 4.78 is 34.5. The summed E-state index contributed by atoms with van der Waals surface area (Å²) in [6, 6.07) is 14.2. The van der Waals surface area contributed by atoms with Gasteiger partial charge in [-0.15, -0.1) is 0 Å². The van der Waals surface area contributed by atoms with Gasteiger partial charge in [-0.1, -0.05) is 75.8 Å². The lowest BCUT2D eigenvalue weighted by Gasteiger charge is -2.27. The van der Waals surface area contributed by atoms with E-state index in [9.17, 15) is 27.4 Å². The summed E-state index contributed by atoms with van der Waals surface area (Å²) in [6.07, 6.45) is 21.1. The molecule has 0 unspecified atom stereocenters. The van der Waals surface area contributed by atoms with Gasteiger partial charge < -0.3 is 10.2 Å². The Hall–Kier alpha value is -4.87. The van der Waals surface area contributed by atoms with Gasteiger partial charge in [-0.2, -0.15) is 13.0 Å². The van der Waals surface area contributed by atoms with Crippen LogP contribution in [0.2, 0.25) is 0 Å². The van der Waals surface area contributed by atoms with Crippen LogP contribution >= 0.6 is 0 Å². The van der Waals surface area contributed by atoms with Crippen molar-refractivity contribution in [2.24, 2.45) is 0 Å². The molecule has 0 aromatic heterocycles. The molecule has 0 atom stereocenters. The summed E-state index contributed by atoms with van der Waals surface area (Å²) in [5.41, 5.74) is 6.62. The number of anilines is 1. The maximum Gasteiger partial charge on any atom is 0.264 e. The number of rotatable bonds is 17. The van der Waals surface area contributed by atoms with Crippen LogP contribution < -0.4 is 10.2 Å². The average molecular weight is 754 g/mol. The third-order valence-electron chi connectivity index (χ3n) is 10.4. The predicted octanol–water partition coefficient (Wildman–Crippen LogP) is 6.93. The Morgan fingerprint density at radius 1 is 0.833 bits per heavy atom. The first-order valence-corrected chi connectivity index (χ1v) is 20.4. The van der Waals surface area contributed by atoms with Gasteiger partial charge in [0.25, 0.3) is 27.8 Å². The van der Waals surface area contributed by atoms with Crippen molar-refractivity contribution in [2.45, 2.75) is 77.6 Å². The summed E-state index contributed by atoms with van der Waals surface area (Å²) in [7, 11) is -4.06.